The highest BCUT2D eigenvalue weighted by Gasteiger charge is 2.20. The largest absolute Gasteiger partial charge is 0.478 e. The number of rotatable bonds is 8. The number of halogens is 1. The number of pyridine rings is 1. The second kappa shape index (κ2) is 10.9. The van der Waals surface area contributed by atoms with E-state index in [1.807, 2.05) is 55.5 Å². The molecular formula is C25H27ClN6O2. The van der Waals surface area contributed by atoms with Gasteiger partial charge in [0.2, 0.25) is 5.82 Å². The Kier molecular flexibility index (Phi) is 7.96. The van der Waals surface area contributed by atoms with Crippen LogP contribution in [0, 0.1) is 13.8 Å². The maximum Gasteiger partial charge on any atom is 0.339 e. The number of H-pyrrole nitrogens is 1. The number of aryl methyl sites for hydroxylation is 2. The molecular weight excluding hydrogens is 452 g/mol. The lowest BCUT2D eigenvalue weighted by molar-refractivity contribution is 0.0696. The van der Waals surface area contributed by atoms with Gasteiger partial charge in [-0.05, 0) is 47.7 Å². The standard InChI is InChI=1S/C25H26N6O2.ClH/c1-4-7-21-15(2)23(22(25(32)33)16(3)27-21)26-14-17-10-12-18(13-11-17)19-8-5-6-9-20(19)24-28-30-31-29-24;/h5-6,8-13H,4,7,14H2,1-3H3,(H,26,27)(H,32,33)(H,28,29,30,31);1H. The van der Waals surface area contributed by atoms with Gasteiger partial charge in [-0.3, -0.25) is 4.98 Å². The molecule has 3 N–H and O–H groups in total. The third-order valence-corrected chi connectivity index (χ3v) is 5.67. The third-order valence-electron chi connectivity index (χ3n) is 5.67. The van der Waals surface area contributed by atoms with Crippen molar-refractivity contribution in [3.63, 3.8) is 0 Å². The Hall–Kier alpha value is -3.78. The molecule has 0 saturated carbocycles. The molecule has 4 rings (SSSR count). The van der Waals surface area contributed by atoms with Crippen molar-refractivity contribution in [2.24, 2.45) is 0 Å². The molecule has 0 aliphatic heterocycles. The second-order valence-corrected chi connectivity index (χ2v) is 7.91. The number of anilines is 1. The van der Waals surface area contributed by atoms with Gasteiger partial charge in [-0.2, -0.15) is 5.21 Å². The Morgan fingerprint density at radius 1 is 1.06 bits per heavy atom. The molecule has 0 radical (unpaired) electrons. The lowest BCUT2D eigenvalue weighted by atomic mass is 9.98. The Balaban J connectivity index is 0.00000324. The van der Waals surface area contributed by atoms with Crippen LogP contribution >= 0.6 is 12.4 Å². The first-order valence-corrected chi connectivity index (χ1v) is 10.9. The molecule has 34 heavy (non-hydrogen) atoms. The van der Waals surface area contributed by atoms with Crippen molar-refractivity contribution in [3.8, 4) is 22.5 Å². The zero-order valence-corrected chi connectivity index (χ0v) is 20.1. The fourth-order valence-corrected chi connectivity index (χ4v) is 4.02. The fraction of sp³-hybridized carbons (Fsp3) is 0.240. The summed E-state index contributed by atoms with van der Waals surface area (Å²) in [6, 6.07) is 16.1. The number of aromatic amines is 1. The second-order valence-electron chi connectivity index (χ2n) is 7.91. The van der Waals surface area contributed by atoms with E-state index in [1.54, 1.807) is 6.92 Å². The average Bonchev–Trinajstić information content (AvgIpc) is 3.35. The Labute approximate surface area is 204 Å². The Bertz CT molecular complexity index is 1270. The van der Waals surface area contributed by atoms with Crippen molar-refractivity contribution >= 4 is 24.1 Å². The minimum absolute atomic E-state index is 0. The number of carbonyl (C=O) groups is 1. The van der Waals surface area contributed by atoms with Gasteiger partial charge in [-0.15, -0.1) is 22.6 Å². The van der Waals surface area contributed by atoms with E-state index in [0.29, 0.717) is 23.8 Å². The number of tetrazole rings is 1. The molecule has 176 valence electrons. The van der Waals surface area contributed by atoms with Crippen LogP contribution < -0.4 is 5.32 Å². The van der Waals surface area contributed by atoms with Gasteiger partial charge in [0.25, 0.3) is 0 Å². The summed E-state index contributed by atoms with van der Waals surface area (Å²) in [6.07, 6.45) is 1.77. The van der Waals surface area contributed by atoms with Crippen LogP contribution in [-0.2, 0) is 13.0 Å². The molecule has 8 nitrogen and oxygen atoms in total. The molecule has 0 amide bonds. The topological polar surface area (TPSA) is 117 Å². The quantitative estimate of drug-likeness (QED) is 0.317. The van der Waals surface area contributed by atoms with Gasteiger partial charge in [0.05, 0.1) is 11.4 Å². The van der Waals surface area contributed by atoms with E-state index in [1.165, 1.54) is 0 Å². The van der Waals surface area contributed by atoms with Gasteiger partial charge in [0, 0.05) is 17.8 Å². The number of carboxylic acid groups (broad SMARTS) is 1. The highest BCUT2D eigenvalue weighted by atomic mass is 35.5. The summed E-state index contributed by atoms with van der Waals surface area (Å²) in [5.41, 5.74) is 7.23. The first-order chi connectivity index (χ1) is 16.0. The normalized spacial score (nSPS) is 10.6. The molecule has 0 aliphatic carbocycles. The molecule has 9 heteroatoms. The zero-order valence-electron chi connectivity index (χ0n) is 19.3. The number of aromatic nitrogens is 5. The van der Waals surface area contributed by atoms with E-state index >= 15 is 0 Å². The van der Waals surface area contributed by atoms with Gasteiger partial charge in [0.15, 0.2) is 0 Å². The summed E-state index contributed by atoms with van der Waals surface area (Å²) < 4.78 is 0. The summed E-state index contributed by atoms with van der Waals surface area (Å²) in [7, 11) is 0. The minimum Gasteiger partial charge on any atom is -0.478 e. The molecule has 0 atom stereocenters. The van der Waals surface area contributed by atoms with Gasteiger partial charge < -0.3 is 10.4 Å². The lowest BCUT2D eigenvalue weighted by Gasteiger charge is -2.18. The molecule has 0 saturated heterocycles. The average molecular weight is 479 g/mol. The number of hydrogen-bond donors (Lipinski definition) is 3. The lowest BCUT2D eigenvalue weighted by Crippen LogP contribution is -2.13. The van der Waals surface area contributed by atoms with Crippen LogP contribution in [0.15, 0.2) is 48.5 Å². The number of hydrogen-bond acceptors (Lipinski definition) is 6. The van der Waals surface area contributed by atoms with Gasteiger partial charge in [-0.25, -0.2) is 4.79 Å². The van der Waals surface area contributed by atoms with Crippen molar-refractivity contribution < 1.29 is 9.90 Å². The number of nitrogens with one attached hydrogen (secondary N) is 2. The van der Waals surface area contributed by atoms with E-state index < -0.39 is 5.97 Å². The molecule has 2 aromatic carbocycles. The van der Waals surface area contributed by atoms with Crippen molar-refractivity contribution in [3.05, 3.63) is 76.6 Å². The zero-order chi connectivity index (χ0) is 23.4. The minimum atomic E-state index is -0.970. The van der Waals surface area contributed by atoms with Crippen LogP contribution in [0.1, 0.15) is 46.2 Å². The first-order valence-electron chi connectivity index (χ1n) is 10.9. The van der Waals surface area contributed by atoms with Crippen LogP contribution in [-0.4, -0.2) is 36.7 Å². The molecule has 0 bridgehead atoms. The van der Waals surface area contributed by atoms with Crippen LogP contribution in [0.2, 0.25) is 0 Å². The number of aromatic carboxylic acids is 1. The van der Waals surface area contributed by atoms with Crippen LogP contribution in [0.25, 0.3) is 22.5 Å². The molecule has 0 fully saturated rings. The molecule has 4 aromatic rings. The molecule has 0 unspecified atom stereocenters. The van der Waals surface area contributed by atoms with Gasteiger partial charge in [0.1, 0.15) is 5.56 Å². The molecule has 0 spiro atoms. The van der Waals surface area contributed by atoms with E-state index in [-0.39, 0.29) is 18.0 Å². The van der Waals surface area contributed by atoms with Gasteiger partial charge in [-0.1, -0.05) is 61.9 Å². The third kappa shape index (κ3) is 5.07. The maximum atomic E-state index is 11.9. The summed E-state index contributed by atoms with van der Waals surface area (Å²) in [5.74, 6) is -0.425. The van der Waals surface area contributed by atoms with E-state index in [0.717, 1.165) is 46.4 Å². The predicted octanol–water partition coefficient (Wildman–Crippen LogP) is 5.23. The molecule has 2 aromatic heterocycles. The molecule has 0 aliphatic rings. The Morgan fingerprint density at radius 3 is 2.38 bits per heavy atom. The summed E-state index contributed by atoms with van der Waals surface area (Å²) in [4.78, 5) is 16.4. The Morgan fingerprint density at radius 2 is 1.76 bits per heavy atom. The van der Waals surface area contributed by atoms with Crippen molar-refractivity contribution in [1.82, 2.24) is 25.6 Å². The summed E-state index contributed by atoms with van der Waals surface area (Å²) in [6.45, 7) is 6.28. The summed E-state index contributed by atoms with van der Waals surface area (Å²) >= 11 is 0. The highest BCUT2D eigenvalue weighted by Crippen LogP contribution is 2.30. The fourth-order valence-electron chi connectivity index (χ4n) is 4.02. The predicted molar refractivity (Wildman–Crippen MR) is 134 cm³/mol. The summed E-state index contributed by atoms with van der Waals surface area (Å²) in [5, 5.41) is 27.5. The van der Waals surface area contributed by atoms with E-state index in [9.17, 15) is 9.90 Å². The number of carboxylic acids is 1. The SMILES string of the molecule is CCCc1nc(C)c(C(=O)O)c(NCc2ccc(-c3ccccc3-c3nn[nH]n3)cc2)c1C.Cl. The van der Waals surface area contributed by atoms with Crippen LogP contribution in [0.3, 0.4) is 0 Å². The maximum absolute atomic E-state index is 11.9. The highest BCUT2D eigenvalue weighted by molar-refractivity contribution is 5.96. The smallest absolute Gasteiger partial charge is 0.339 e. The van der Waals surface area contributed by atoms with Gasteiger partial charge >= 0.3 is 5.97 Å². The number of benzene rings is 2. The number of nitrogens with zero attached hydrogens (tertiary/aromatic N) is 4. The van der Waals surface area contributed by atoms with Crippen molar-refractivity contribution in [2.75, 3.05) is 5.32 Å². The van der Waals surface area contributed by atoms with E-state index in [4.69, 9.17) is 0 Å². The molecule has 2 heterocycles. The van der Waals surface area contributed by atoms with E-state index in [2.05, 4.69) is 37.8 Å². The van der Waals surface area contributed by atoms with Crippen LogP contribution in [0.4, 0.5) is 5.69 Å². The van der Waals surface area contributed by atoms with Crippen molar-refractivity contribution in [2.45, 2.75) is 40.2 Å². The van der Waals surface area contributed by atoms with Crippen molar-refractivity contribution in [1.29, 1.82) is 0 Å². The first kappa shape index (κ1) is 24.9. The monoisotopic (exact) mass is 478 g/mol. The van der Waals surface area contributed by atoms with Crippen LogP contribution in [0.5, 0.6) is 0 Å².